The van der Waals surface area contributed by atoms with Gasteiger partial charge in [0.25, 0.3) is 0 Å². The molecule has 5 nitrogen and oxygen atoms in total. The van der Waals surface area contributed by atoms with Gasteiger partial charge in [0, 0.05) is 6.54 Å². The van der Waals surface area contributed by atoms with Gasteiger partial charge in [0.05, 0.1) is 0 Å². The van der Waals surface area contributed by atoms with Crippen LogP contribution in [0.15, 0.2) is 10.8 Å². The quantitative estimate of drug-likeness (QED) is 0.572. The molecule has 106 valence electrons. The van der Waals surface area contributed by atoms with Crippen LogP contribution >= 0.6 is 15.9 Å². The molecule has 0 aliphatic heterocycles. The molecular formula is C13H22BrN5. The molecule has 0 amide bonds. The first-order chi connectivity index (χ1) is 9.24. The fourth-order valence-corrected chi connectivity index (χ4v) is 3.14. The minimum absolute atomic E-state index is 0.604. The maximum atomic E-state index is 5.39. The lowest BCUT2D eigenvalue weighted by Gasteiger charge is -2.28. The van der Waals surface area contributed by atoms with Crippen LogP contribution in [0.1, 0.15) is 39.0 Å². The number of nitrogens with one attached hydrogen (secondary N) is 2. The number of hydrogen-bond donors (Lipinski definition) is 3. The predicted octanol–water partition coefficient (Wildman–Crippen LogP) is 3.15. The van der Waals surface area contributed by atoms with E-state index in [2.05, 4.69) is 43.6 Å². The molecule has 2 rings (SSSR count). The zero-order valence-electron chi connectivity index (χ0n) is 11.3. The van der Waals surface area contributed by atoms with E-state index in [-0.39, 0.29) is 0 Å². The van der Waals surface area contributed by atoms with Gasteiger partial charge < -0.3 is 10.7 Å². The van der Waals surface area contributed by atoms with Crippen molar-refractivity contribution in [1.29, 1.82) is 0 Å². The molecule has 0 atom stereocenters. The van der Waals surface area contributed by atoms with Gasteiger partial charge in [-0.15, -0.1) is 0 Å². The van der Waals surface area contributed by atoms with Crippen LogP contribution in [-0.4, -0.2) is 16.5 Å². The number of nitrogen functional groups attached to an aromatic ring is 1. The predicted molar refractivity (Wildman–Crippen MR) is 81.8 cm³/mol. The molecule has 1 aromatic heterocycles. The molecule has 1 heterocycles. The molecular weight excluding hydrogens is 306 g/mol. The van der Waals surface area contributed by atoms with Crippen molar-refractivity contribution in [2.24, 2.45) is 17.7 Å². The number of nitrogens with two attached hydrogens (primary N) is 1. The van der Waals surface area contributed by atoms with Gasteiger partial charge >= 0.3 is 0 Å². The van der Waals surface area contributed by atoms with Gasteiger partial charge in [0.1, 0.15) is 16.6 Å². The van der Waals surface area contributed by atoms with Crippen molar-refractivity contribution < 1.29 is 0 Å². The van der Waals surface area contributed by atoms with Crippen LogP contribution in [0.5, 0.6) is 0 Å². The Balaban J connectivity index is 1.86. The Bertz CT molecular complexity index is 404. The zero-order chi connectivity index (χ0) is 13.7. The standard InChI is InChI=1S/C13H22BrN5/c1-2-9-3-5-10(6-4-9)7-16-12-11(14)13(19-15)18-8-17-12/h8-10H,2-7,15H2,1H3,(H2,16,17,18,19). The maximum absolute atomic E-state index is 5.39. The van der Waals surface area contributed by atoms with Gasteiger partial charge in [0.15, 0.2) is 5.82 Å². The molecule has 4 N–H and O–H groups in total. The SMILES string of the molecule is CCC1CCC(CNc2ncnc(NN)c2Br)CC1. The average molecular weight is 328 g/mol. The zero-order valence-corrected chi connectivity index (χ0v) is 12.9. The highest BCUT2D eigenvalue weighted by atomic mass is 79.9. The van der Waals surface area contributed by atoms with Crippen LogP contribution in [0, 0.1) is 11.8 Å². The summed E-state index contributed by atoms with van der Waals surface area (Å²) in [4.78, 5) is 8.28. The number of anilines is 2. The molecule has 0 aromatic carbocycles. The van der Waals surface area contributed by atoms with Crippen LogP contribution in [0.25, 0.3) is 0 Å². The number of aromatic nitrogens is 2. The Morgan fingerprint density at radius 3 is 2.47 bits per heavy atom. The highest BCUT2D eigenvalue weighted by Crippen LogP contribution is 2.31. The van der Waals surface area contributed by atoms with Crippen molar-refractivity contribution in [3.05, 3.63) is 10.8 Å². The van der Waals surface area contributed by atoms with E-state index in [1.807, 2.05) is 0 Å². The lowest BCUT2D eigenvalue weighted by Crippen LogP contribution is -2.21. The monoisotopic (exact) mass is 327 g/mol. The lowest BCUT2D eigenvalue weighted by atomic mass is 9.81. The van der Waals surface area contributed by atoms with Crippen LogP contribution in [0.4, 0.5) is 11.6 Å². The van der Waals surface area contributed by atoms with E-state index < -0.39 is 0 Å². The maximum Gasteiger partial charge on any atom is 0.159 e. The van der Waals surface area contributed by atoms with Crippen molar-refractivity contribution >= 4 is 27.6 Å². The number of nitrogens with zero attached hydrogens (tertiary/aromatic N) is 2. The summed E-state index contributed by atoms with van der Waals surface area (Å²) in [5.41, 5.74) is 2.55. The van der Waals surface area contributed by atoms with Gasteiger partial charge in [-0.25, -0.2) is 15.8 Å². The van der Waals surface area contributed by atoms with Gasteiger partial charge in [0.2, 0.25) is 0 Å². The minimum Gasteiger partial charge on any atom is -0.369 e. The summed E-state index contributed by atoms with van der Waals surface area (Å²) in [6, 6.07) is 0. The van der Waals surface area contributed by atoms with Gasteiger partial charge in [-0.05, 0) is 40.6 Å². The minimum atomic E-state index is 0.604. The van der Waals surface area contributed by atoms with Crippen LogP contribution in [0.3, 0.4) is 0 Å². The highest BCUT2D eigenvalue weighted by molar-refractivity contribution is 9.10. The summed E-state index contributed by atoms with van der Waals surface area (Å²) in [6.45, 7) is 3.26. The first-order valence-corrected chi connectivity index (χ1v) is 7.74. The Morgan fingerprint density at radius 1 is 1.21 bits per heavy atom. The molecule has 0 spiro atoms. The topological polar surface area (TPSA) is 75.9 Å². The first-order valence-electron chi connectivity index (χ1n) is 6.95. The second-order valence-corrected chi connectivity index (χ2v) is 6.00. The number of hydrogen-bond acceptors (Lipinski definition) is 5. The molecule has 6 heteroatoms. The number of halogens is 1. The summed E-state index contributed by atoms with van der Waals surface area (Å²) < 4.78 is 0.791. The molecule has 1 fully saturated rings. The van der Waals surface area contributed by atoms with Crippen LogP contribution in [-0.2, 0) is 0 Å². The van der Waals surface area contributed by atoms with E-state index in [1.54, 1.807) is 0 Å². The van der Waals surface area contributed by atoms with E-state index in [4.69, 9.17) is 5.84 Å². The summed E-state index contributed by atoms with van der Waals surface area (Å²) in [6.07, 6.45) is 8.19. The smallest absolute Gasteiger partial charge is 0.159 e. The van der Waals surface area contributed by atoms with Crippen molar-refractivity contribution in [2.75, 3.05) is 17.3 Å². The lowest BCUT2D eigenvalue weighted by molar-refractivity contribution is 0.278. The molecule has 0 radical (unpaired) electrons. The fourth-order valence-electron chi connectivity index (χ4n) is 2.68. The second-order valence-electron chi connectivity index (χ2n) is 5.21. The molecule has 0 bridgehead atoms. The normalized spacial score (nSPS) is 23.1. The Morgan fingerprint density at radius 2 is 1.84 bits per heavy atom. The molecule has 1 saturated carbocycles. The third-order valence-electron chi connectivity index (χ3n) is 4.03. The summed E-state index contributed by atoms with van der Waals surface area (Å²) in [5.74, 6) is 8.49. The molecule has 19 heavy (non-hydrogen) atoms. The largest absolute Gasteiger partial charge is 0.369 e. The molecule has 1 aliphatic rings. The number of rotatable bonds is 5. The van der Waals surface area contributed by atoms with E-state index in [1.165, 1.54) is 38.4 Å². The summed E-state index contributed by atoms with van der Waals surface area (Å²) in [7, 11) is 0. The van der Waals surface area contributed by atoms with Crippen molar-refractivity contribution in [2.45, 2.75) is 39.0 Å². The van der Waals surface area contributed by atoms with Crippen LogP contribution in [0.2, 0.25) is 0 Å². The van der Waals surface area contributed by atoms with E-state index in [0.717, 1.165) is 28.7 Å². The van der Waals surface area contributed by atoms with E-state index in [0.29, 0.717) is 5.82 Å². The summed E-state index contributed by atoms with van der Waals surface area (Å²) in [5, 5.41) is 3.40. The van der Waals surface area contributed by atoms with Crippen molar-refractivity contribution in [3.63, 3.8) is 0 Å². The Hall–Kier alpha value is -0.880. The Kier molecular flexibility index (Phi) is 5.39. The second kappa shape index (κ2) is 7.05. The van der Waals surface area contributed by atoms with Crippen molar-refractivity contribution in [1.82, 2.24) is 9.97 Å². The molecule has 0 saturated heterocycles. The summed E-state index contributed by atoms with van der Waals surface area (Å²) >= 11 is 3.46. The first kappa shape index (κ1) is 14.5. The van der Waals surface area contributed by atoms with E-state index in [9.17, 15) is 0 Å². The van der Waals surface area contributed by atoms with Gasteiger partial charge in [-0.3, -0.25) is 0 Å². The van der Waals surface area contributed by atoms with Gasteiger partial charge in [-0.1, -0.05) is 26.2 Å². The third-order valence-corrected chi connectivity index (χ3v) is 4.78. The van der Waals surface area contributed by atoms with Crippen LogP contribution < -0.4 is 16.6 Å². The average Bonchev–Trinajstić information content (AvgIpc) is 2.47. The number of hydrazine groups is 1. The fraction of sp³-hybridized carbons (Fsp3) is 0.692. The highest BCUT2D eigenvalue weighted by Gasteiger charge is 2.20. The van der Waals surface area contributed by atoms with Gasteiger partial charge in [-0.2, -0.15) is 0 Å². The molecule has 1 aliphatic carbocycles. The third kappa shape index (κ3) is 3.79. The van der Waals surface area contributed by atoms with Crippen molar-refractivity contribution in [3.8, 4) is 0 Å². The molecule has 0 unspecified atom stereocenters. The Labute approximate surface area is 122 Å². The van der Waals surface area contributed by atoms with E-state index >= 15 is 0 Å². The molecule has 1 aromatic rings.